The maximum absolute atomic E-state index is 5.88. The standard InChI is InChI=1S/C20H26N2O2/c1-4-9-17-13-16(14-19(23-3)20(17)24-12-5-2)15-21-22-18-10-7-6-8-11-18/h4,6-8,10-11,13-14,21-22H,1,5,9,12,15H2,2-3H3. The summed E-state index contributed by atoms with van der Waals surface area (Å²) in [6, 6.07) is 14.2. The van der Waals surface area contributed by atoms with Crippen LogP contribution in [0.3, 0.4) is 0 Å². The molecule has 0 saturated carbocycles. The number of benzene rings is 2. The van der Waals surface area contributed by atoms with E-state index >= 15 is 0 Å². The van der Waals surface area contributed by atoms with Gasteiger partial charge in [-0.3, -0.25) is 0 Å². The summed E-state index contributed by atoms with van der Waals surface area (Å²) in [5, 5.41) is 0. The number of hydrogen-bond donors (Lipinski definition) is 2. The first-order valence-corrected chi connectivity index (χ1v) is 8.25. The summed E-state index contributed by atoms with van der Waals surface area (Å²) in [5.41, 5.74) is 9.66. The minimum absolute atomic E-state index is 0.670. The second-order valence-corrected chi connectivity index (χ2v) is 5.47. The highest BCUT2D eigenvalue weighted by Crippen LogP contribution is 2.33. The van der Waals surface area contributed by atoms with Crippen molar-refractivity contribution in [3.63, 3.8) is 0 Å². The van der Waals surface area contributed by atoms with E-state index in [-0.39, 0.29) is 0 Å². The summed E-state index contributed by atoms with van der Waals surface area (Å²) in [5.74, 6) is 1.58. The number of hydrogen-bond acceptors (Lipinski definition) is 4. The molecule has 2 aromatic rings. The SMILES string of the molecule is C=CCc1cc(CNNc2ccccc2)cc(OC)c1OCCC. The minimum atomic E-state index is 0.670. The third-order valence-electron chi connectivity index (χ3n) is 3.53. The molecule has 0 radical (unpaired) electrons. The lowest BCUT2D eigenvalue weighted by molar-refractivity contribution is 0.291. The molecular weight excluding hydrogens is 300 g/mol. The monoisotopic (exact) mass is 326 g/mol. The number of nitrogens with one attached hydrogen (secondary N) is 2. The molecule has 128 valence electrons. The van der Waals surface area contributed by atoms with Gasteiger partial charge in [0.15, 0.2) is 11.5 Å². The molecule has 0 aliphatic rings. The number of ether oxygens (including phenoxy) is 2. The van der Waals surface area contributed by atoms with Gasteiger partial charge in [0.2, 0.25) is 0 Å². The molecule has 0 heterocycles. The molecule has 0 aromatic heterocycles. The third-order valence-corrected chi connectivity index (χ3v) is 3.53. The van der Waals surface area contributed by atoms with E-state index in [1.165, 1.54) is 0 Å². The first kappa shape index (κ1) is 17.9. The fourth-order valence-corrected chi connectivity index (χ4v) is 2.42. The van der Waals surface area contributed by atoms with Gasteiger partial charge in [-0.25, -0.2) is 5.43 Å². The van der Waals surface area contributed by atoms with Gasteiger partial charge >= 0.3 is 0 Å². The van der Waals surface area contributed by atoms with Gasteiger partial charge in [-0.15, -0.1) is 6.58 Å². The van der Waals surface area contributed by atoms with Crippen molar-refractivity contribution in [2.45, 2.75) is 26.3 Å². The molecular formula is C20H26N2O2. The van der Waals surface area contributed by atoms with Gasteiger partial charge in [0.05, 0.1) is 13.7 Å². The van der Waals surface area contributed by atoms with Crippen LogP contribution in [0.2, 0.25) is 0 Å². The van der Waals surface area contributed by atoms with Crippen molar-refractivity contribution < 1.29 is 9.47 Å². The topological polar surface area (TPSA) is 42.5 Å². The maximum Gasteiger partial charge on any atom is 0.164 e. The summed E-state index contributed by atoms with van der Waals surface area (Å²) >= 11 is 0. The van der Waals surface area contributed by atoms with Crippen molar-refractivity contribution in [1.29, 1.82) is 0 Å². The largest absolute Gasteiger partial charge is 0.493 e. The number of anilines is 1. The molecule has 4 nitrogen and oxygen atoms in total. The molecule has 0 aliphatic heterocycles. The zero-order valence-electron chi connectivity index (χ0n) is 14.5. The van der Waals surface area contributed by atoms with Crippen molar-refractivity contribution in [1.82, 2.24) is 5.43 Å². The molecule has 2 N–H and O–H groups in total. The second kappa shape index (κ2) is 9.63. The quantitative estimate of drug-likeness (QED) is 0.504. The van der Waals surface area contributed by atoms with E-state index in [0.717, 1.165) is 41.2 Å². The van der Waals surface area contributed by atoms with Crippen LogP contribution in [0, 0.1) is 0 Å². The molecule has 0 spiro atoms. The minimum Gasteiger partial charge on any atom is -0.493 e. The van der Waals surface area contributed by atoms with Crippen LogP contribution in [-0.2, 0) is 13.0 Å². The Kier molecular flexibility index (Phi) is 7.18. The molecule has 0 atom stereocenters. The predicted molar refractivity (Wildman–Crippen MR) is 99.6 cm³/mol. The average molecular weight is 326 g/mol. The number of rotatable bonds is 10. The van der Waals surface area contributed by atoms with Gasteiger partial charge in [-0.05, 0) is 36.6 Å². The van der Waals surface area contributed by atoms with Gasteiger partial charge in [0, 0.05) is 17.8 Å². The Morgan fingerprint density at radius 3 is 2.62 bits per heavy atom. The molecule has 0 fully saturated rings. The van der Waals surface area contributed by atoms with Gasteiger partial charge in [0.25, 0.3) is 0 Å². The normalized spacial score (nSPS) is 10.2. The number of methoxy groups -OCH3 is 1. The lowest BCUT2D eigenvalue weighted by atomic mass is 10.1. The van der Waals surface area contributed by atoms with E-state index in [0.29, 0.717) is 13.2 Å². The van der Waals surface area contributed by atoms with Gasteiger partial charge in [0.1, 0.15) is 0 Å². The molecule has 4 heteroatoms. The Morgan fingerprint density at radius 2 is 1.96 bits per heavy atom. The fraction of sp³-hybridized carbons (Fsp3) is 0.300. The molecule has 24 heavy (non-hydrogen) atoms. The molecule has 2 rings (SSSR count). The summed E-state index contributed by atoms with van der Waals surface area (Å²) in [4.78, 5) is 0. The van der Waals surface area contributed by atoms with Crippen LogP contribution >= 0.6 is 0 Å². The number of allylic oxidation sites excluding steroid dienone is 1. The lowest BCUT2D eigenvalue weighted by Crippen LogP contribution is -2.21. The Balaban J connectivity index is 2.11. The summed E-state index contributed by atoms with van der Waals surface area (Å²) in [7, 11) is 1.67. The molecule has 0 unspecified atom stereocenters. The molecule has 0 amide bonds. The Hall–Kier alpha value is -2.46. The Morgan fingerprint density at radius 1 is 1.17 bits per heavy atom. The van der Waals surface area contributed by atoms with Crippen LogP contribution in [-0.4, -0.2) is 13.7 Å². The Bertz CT molecular complexity index is 642. The van der Waals surface area contributed by atoms with Crippen LogP contribution in [0.4, 0.5) is 5.69 Å². The van der Waals surface area contributed by atoms with E-state index in [1.54, 1.807) is 7.11 Å². The Labute approximate surface area is 144 Å². The van der Waals surface area contributed by atoms with E-state index in [1.807, 2.05) is 42.5 Å². The summed E-state index contributed by atoms with van der Waals surface area (Å²) in [6.45, 7) is 7.27. The van der Waals surface area contributed by atoms with Crippen LogP contribution in [0.5, 0.6) is 11.5 Å². The highest BCUT2D eigenvalue weighted by Gasteiger charge is 2.12. The van der Waals surface area contributed by atoms with Gasteiger partial charge < -0.3 is 14.9 Å². The second-order valence-electron chi connectivity index (χ2n) is 5.47. The van der Waals surface area contributed by atoms with Crippen LogP contribution < -0.4 is 20.3 Å². The highest BCUT2D eigenvalue weighted by atomic mass is 16.5. The van der Waals surface area contributed by atoms with Crippen molar-refractivity contribution in [3.05, 3.63) is 66.2 Å². The van der Waals surface area contributed by atoms with Gasteiger partial charge in [-0.2, -0.15) is 0 Å². The van der Waals surface area contributed by atoms with Crippen molar-refractivity contribution in [2.75, 3.05) is 19.1 Å². The van der Waals surface area contributed by atoms with E-state index < -0.39 is 0 Å². The van der Waals surface area contributed by atoms with Crippen LogP contribution in [0.25, 0.3) is 0 Å². The lowest BCUT2D eigenvalue weighted by Gasteiger charge is -2.17. The first-order valence-electron chi connectivity index (χ1n) is 8.25. The molecule has 0 bridgehead atoms. The van der Waals surface area contributed by atoms with E-state index in [9.17, 15) is 0 Å². The number of hydrazine groups is 1. The van der Waals surface area contributed by atoms with E-state index in [2.05, 4.69) is 30.4 Å². The number of para-hydroxylation sites is 1. The van der Waals surface area contributed by atoms with Crippen molar-refractivity contribution >= 4 is 5.69 Å². The van der Waals surface area contributed by atoms with Crippen LogP contribution in [0.15, 0.2) is 55.1 Å². The maximum atomic E-state index is 5.88. The van der Waals surface area contributed by atoms with Crippen LogP contribution in [0.1, 0.15) is 24.5 Å². The molecule has 0 aliphatic carbocycles. The third kappa shape index (κ3) is 5.03. The summed E-state index contributed by atoms with van der Waals surface area (Å²) in [6.07, 6.45) is 3.59. The molecule has 0 saturated heterocycles. The fourth-order valence-electron chi connectivity index (χ4n) is 2.42. The smallest absolute Gasteiger partial charge is 0.164 e. The van der Waals surface area contributed by atoms with E-state index in [4.69, 9.17) is 9.47 Å². The molecule has 2 aromatic carbocycles. The zero-order chi connectivity index (χ0) is 17.2. The predicted octanol–water partition coefficient (Wildman–Crippen LogP) is 4.33. The highest BCUT2D eigenvalue weighted by molar-refractivity contribution is 5.50. The van der Waals surface area contributed by atoms with Crippen molar-refractivity contribution in [3.8, 4) is 11.5 Å². The first-order chi connectivity index (χ1) is 11.8. The van der Waals surface area contributed by atoms with Crippen molar-refractivity contribution in [2.24, 2.45) is 0 Å². The summed E-state index contributed by atoms with van der Waals surface area (Å²) < 4.78 is 11.4. The van der Waals surface area contributed by atoms with Gasteiger partial charge in [-0.1, -0.05) is 37.3 Å². The average Bonchev–Trinajstić information content (AvgIpc) is 2.61. The zero-order valence-corrected chi connectivity index (χ0v) is 14.5.